The number of amides is 2. The molecule has 1 unspecified atom stereocenters. The first-order chi connectivity index (χ1) is 13.2. The molecule has 27 heavy (non-hydrogen) atoms. The van der Waals surface area contributed by atoms with Gasteiger partial charge in [0.1, 0.15) is 5.69 Å². The minimum absolute atomic E-state index is 0.0157. The van der Waals surface area contributed by atoms with E-state index in [4.69, 9.17) is 0 Å². The minimum atomic E-state index is -0.0999. The minimum Gasteiger partial charge on any atom is -0.356 e. The van der Waals surface area contributed by atoms with E-state index in [0.29, 0.717) is 25.3 Å². The molecular weight excluding hydrogens is 338 g/mol. The zero-order chi connectivity index (χ0) is 19.1. The van der Waals surface area contributed by atoms with Crippen LogP contribution >= 0.6 is 0 Å². The van der Waals surface area contributed by atoms with Crippen molar-refractivity contribution >= 4 is 11.8 Å². The number of rotatable bonds is 7. The van der Waals surface area contributed by atoms with E-state index in [1.807, 2.05) is 46.0 Å². The smallest absolute Gasteiger partial charge is 0.270 e. The summed E-state index contributed by atoms with van der Waals surface area (Å²) in [6.45, 7) is 4.72. The van der Waals surface area contributed by atoms with Crippen molar-refractivity contribution in [1.82, 2.24) is 14.8 Å². The number of carbonyl (C=O) groups is 2. The highest BCUT2D eigenvalue weighted by atomic mass is 16.2. The number of nitrogens with one attached hydrogen (secondary N) is 1. The highest BCUT2D eigenvalue weighted by Gasteiger charge is 2.29. The summed E-state index contributed by atoms with van der Waals surface area (Å²) in [5.41, 5.74) is 1.85. The maximum Gasteiger partial charge on any atom is 0.270 e. The molecule has 0 spiro atoms. The molecule has 1 aliphatic rings. The summed E-state index contributed by atoms with van der Waals surface area (Å²) in [6, 6.07) is 13.9. The van der Waals surface area contributed by atoms with Gasteiger partial charge in [-0.2, -0.15) is 0 Å². The lowest BCUT2D eigenvalue weighted by Gasteiger charge is -2.32. The molecule has 1 aromatic carbocycles. The molecule has 0 radical (unpaired) electrons. The van der Waals surface area contributed by atoms with Crippen LogP contribution < -0.4 is 5.32 Å². The number of benzene rings is 1. The van der Waals surface area contributed by atoms with Crippen molar-refractivity contribution in [2.45, 2.75) is 39.2 Å². The fourth-order valence-corrected chi connectivity index (χ4v) is 3.60. The molecule has 1 fully saturated rings. The number of likely N-dealkylation sites (tertiary alicyclic amines) is 1. The van der Waals surface area contributed by atoms with Crippen LogP contribution in [0.1, 0.15) is 48.7 Å². The molecule has 2 heterocycles. The summed E-state index contributed by atoms with van der Waals surface area (Å²) in [5, 5.41) is 3.01. The third kappa shape index (κ3) is 5.00. The average Bonchev–Trinajstić information content (AvgIpc) is 3.16. The van der Waals surface area contributed by atoms with E-state index in [2.05, 4.69) is 24.4 Å². The topological polar surface area (TPSA) is 54.3 Å². The fourth-order valence-electron chi connectivity index (χ4n) is 3.60. The molecule has 2 amide bonds. The van der Waals surface area contributed by atoms with E-state index < -0.39 is 0 Å². The lowest BCUT2D eigenvalue weighted by molar-refractivity contribution is -0.126. The number of piperidine rings is 1. The van der Waals surface area contributed by atoms with E-state index in [0.717, 1.165) is 37.8 Å². The van der Waals surface area contributed by atoms with Crippen LogP contribution in [0.4, 0.5) is 0 Å². The molecule has 0 saturated carbocycles. The Morgan fingerprint density at radius 1 is 1.15 bits per heavy atom. The van der Waals surface area contributed by atoms with Crippen molar-refractivity contribution in [2.75, 3.05) is 19.6 Å². The highest BCUT2D eigenvalue weighted by molar-refractivity contribution is 5.93. The zero-order valence-corrected chi connectivity index (χ0v) is 16.1. The monoisotopic (exact) mass is 367 g/mol. The summed E-state index contributed by atoms with van der Waals surface area (Å²) < 4.78 is 1.99. The first-order valence-electron chi connectivity index (χ1n) is 9.95. The van der Waals surface area contributed by atoms with Gasteiger partial charge in [0.25, 0.3) is 5.91 Å². The van der Waals surface area contributed by atoms with Gasteiger partial charge in [0.05, 0.1) is 5.92 Å². The standard InChI is InChI=1S/C22H29N3O2/c1-2-3-13-23-21(26)19-11-7-15-25(17-19)22(27)20-12-8-14-24(20)16-18-9-5-4-6-10-18/h4-6,8-10,12,14,19H,2-3,7,11,13,15-17H2,1H3,(H,23,26). The fraction of sp³-hybridized carbons (Fsp3) is 0.455. The van der Waals surface area contributed by atoms with E-state index in [1.54, 1.807) is 0 Å². The van der Waals surface area contributed by atoms with Crippen LogP contribution in [-0.4, -0.2) is 40.9 Å². The highest BCUT2D eigenvalue weighted by Crippen LogP contribution is 2.20. The van der Waals surface area contributed by atoms with Gasteiger partial charge in [0.15, 0.2) is 0 Å². The quantitative estimate of drug-likeness (QED) is 0.764. The summed E-state index contributed by atoms with van der Waals surface area (Å²) in [7, 11) is 0. The Kier molecular flexibility index (Phi) is 6.69. The molecule has 1 aliphatic heterocycles. The third-order valence-electron chi connectivity index (χ3n) is 5.15. The zero-order valence-electron chi connectivity index (χ0n) is 16.1. The molecule has 2 aromatic rings. The number of hydrogen-bond donors (Lipinski definition) is 1. The van der Waals surface area contributed by atoms with Gasteiger partial charge in [-0.1, -0.05) is 43.7 Å². The van der Waals surface area contributed by atoms with E-state index >= 15 is 0 Å². The first-order valence-corrected chi connectivity index (χ1v) is 9.95. The molecule has 144 valence electrons. The molecule has 1 aromatic heterocycles. The van der Waals surface area contributed by atoms with Crippen LogP contribution in [0.25, 0.3) is 0 Å². The van der Waals surface area contributed by atoms with Gasteiger partial charge in [0, 0.05) is 32.4 Å². The summed E-state index contributed by atoms with van der Waals surface area (Å²) >= 11 is 0. The maximum absolute atomic E-state index is 13.1. The molecule has 3 rings (SSSR count). The Morgan fingerprint density at radius 2 is 1.96 bits per heavy atom. The van der Waals surface area contributed by atoms with Gasteiger partial charge in [-0.15, -0.1) is 0 Å². The van der Waals surface area contributed by atoms with E-state index in [1.165, 1.54) is 0 Å². The van der Waals surface area contributed by atoms with Crippen molar-refractivity contribution in [3.05, 3.63) is 59.9 Å². The lowest BCUT2D eigenvalue weighted by Crippen LogP contribution is -2.46. The van der Waals surface area contributed by atoms with Crippen molar-refractivity contribution in [2.24, 2.45) is 5.92 Å². The van der Waals surface area contributed by atoms with Crippen LogP contribution in [0.2, 0.25) is 0 Å². The average molecular weight is 367 g/mol. The van der Waals surface area contributed by atoms with Gasteiger partial charge in [-0.05, 0) is 37.0 Å². The first kappa shape index (κ1) is 19.2. The summed E-state index contributed by atoms with van der Waals surface area (Å²) in [4.78, 5) is 27.3. The molecule has 1 atom stereocenters. The predicted octanol–water partition coefficient (Wildman–Crippen LogP) is 3.30. The van der Waals surface area contributed by atoms with Gasteiger partial charge < -0.3 is 14.8 Å². The Morgan fingerprint density at radius 3 is 2.74 bits per heavy atom. The van der Waals surface area contributed by atoms with Crippen LogP contribution in [0.5, 0.6) is 0 Å². The third-order valence-corrected chi connectivity index (χ3v) is 5.15. The second-order valence-electron chi connectivity index (χ2n) is 7.24. The molecule has 1 N–H and O–H groups in total. The Labute approximate surface area is 161 Å². The van der Waals surface area contributed by atoms with Gasteiger partial charge in [0.2, 0.25) is 5.91 Å². The molecule has 5 heteroatoms. The van der Waals surface area contributed by atoms with Crippen LogP contribution in [0.15, 0.2) is 48.7 Å². The number of aromatic nitrogens is 1. The molecule has 0 aliphatic carbocycles. The molecule has 1 saturated heterocycles. The van der Waals surface area contributed by atoms with Crippen LogP contribution in [0, 0.1) is 5.92 Å². The predicted molar refractivity (Wildman–Crippen MR) is 107 cm³/mol. The van der Waals surface area contributed by atoms with Crippen molar-refractivity contribution in [1.29, 1.82) is 0 Å². The van der Waals surface area contributed by atoms with Gasteiger partial charge >= 0.3 is 0 Å². The normalized spacial score (nSPS) is 16.9. The second-order valence-corrected chi connectivity index (χ2v) is 7.24. The largest absolute Gasteiger partial charge is 0.356 e. The Bertz CT molecular complexity index is 754. The summed E-state index contributed by atoms with van der Waals surface area (Å²) in [6.07, 6.45) is 5.73. The maximum atomic E-state index is 13.1. The molecular formula is C22H29N3O2. The summed E-state index contributed by atoms with van der Waals surface area (Å²) in [5.74, 6) is -0.000278. The van der Waals surface area contributed by atoms with Crippen molar-refractivity contribution < 1.29 is 9.59 Å². The lowest BCUT2D eigenvalue weighted by atomic mass is 9.96. The second kappa shape index (κ2) is 9.40. The van der Waals surface area contributed by atoms with Gasteiger partial charge in [-0.25, -0.2) is 0 Å². The van der Waals surface area contributed by atoms with Crippen molar-refractivity contribution in [3.63, 3.8) is 0 Å². The number of unbranched alkanes of at least 4 members (excludes halogenated alkanes) is 1. The Balaban J connectivity index is 1.64. The molecule has 0 bridgehead atoms. The number of carbonyl (C=O) groups excluding carboxylic acids is 2. The SMILES string of the molecule is CCCCNC(=O)C1CCCN(C(=O)c2cccn2Cc2ccccc2)C1. The van der Waals surface area contributed by atoms with E-state index in [9.17, 15) is 9.59 Å². The molecule has 5 nitrogen and oxygen atoms in total. The van der Waals surface area contributed by atoms with Gasteiger partial charge in [-0.3, -0.25) is 9.59 Å². The number of hydrogen-bond acceptors (Lipinski definition) is 2. The van der Waals surface area contributed by atoms with Crippen LogP contribution in [0.3, 0.4) is 0 Å². The van der Waals surface area contributed by atoms with E-state index in [-0.39, 0.29) is 17.7 Å². The Hall–Kier alpha value is -2.56. The van der Waals surface area contributed by atoms with Crippen LogP contribution in [-0.2, 0) is 11.3 Å². The number of nitrogens with zero attached hydrogens (tertiary/aromatic N) is 2. The van der Waals surface area contributed by atoms with Crippen molar-refractivity contribution in [3.8, 4) is 0 Å².